The first-order valence-electron chi connectivity index (χ1n) is 10.5. The van der Waals surface area contributed by atoms with Gasteiger partial charge in [0.15, 0.2) is 5.75 Å². The Morgan fingerprint density at radius 3 is 2.77 bits per heavy atom. The number of ether oxygens (including phenoxy) is 2. The van der Waals surface area contributed by atoms with Gasteiger partial charge in [0.25, 0.3) is 0 Å². The van der Waals surface area contributed by atoms with Crippen molar-refractivity contribution in [1.82, 2.24) is 5.32 Å². The van der Waals surface area contributed by atoms with Crippen LogP contribution in [-0.4, -0.2) is 24.1 Å². The van der Waals surface area contributed by atoms with Gasteiger partial charge in [0.05, 0.1) is 12.1 Å². The maximum atomic E-state index is 14.1. The summed E-state index contributed by atoms with van der Waals surface area (Å²) in [5.74, 6) is 0.166. The Kier molecular flexibility index (Phi) is 6.18. The fraction of sp³-hybridized carbons (Fsp3) is 0.391. The summed E-state index contributed by atoms with van der Waals surface area (Å²) in [4.78, 5) is 27.3. The molecule has 2 heterocycles. The molecule has 2 atom stereocenters. The van der Waals surface area contributed by atoms with Gasteiger partial charge in [-0.2, -0.15) is 0 Å². The smallest absolute Gasteiger partial charge is 0.407 e. The van der Waals surface area contributed by atoms with Crippen LogP contribution < -0.4 is 15.0 Å². The van der Waals surface area contributed by atoms with Crippen LogP contribution in [0.1, 0.15) is 51.1 Å². The summed E-state index contributed by atoms with van der Waals surface area (Å²) >= 11 is 3.40. The highest BCUT2D eigenvalue weighted by molar-refractivity contribution is 9.10. The van der Waals surface area contributed by atoms with E-state index >= 15 is 0 Å². The van der Waals surface area contributed by atoms with E-state index in [0.717, 1.165) is 18.4 Å². The lowest BCUT2D eigenvalue weighted by atomic mass is 9.89. The third-order valence-corrected chi connectivity index (χ3v) is 6.38. The predicted octanol–water partition coefficient (Wildman–Crippen LogP) is 5.85. The Morgan fingerprint density at radius 2 is 2.03 bits per heavy atom. The van der Waals surface area contributed by atoms with Gasteiger partial charge < -0.3 is 14.8 Å². The molecule has 8 heteroatoms. The standard InChI is InChI=1S/C23H24BrFN2O4/c1-3-14(4-2)30-23(29)26-17-9-10-20(28)27-21(17)15-7-5-6-8-18(15)31-19-12-13(25)11-16(24)22(19)27/h5-8,11-12,14,17,21H,3-4,9-10H2,1-2H3,(H,26,29)/t17-,21+/m1/s1. The van der Waals surface area contributed by atoms with Gasteiger partial charge in [-0.25, -0.2) is 9.18 Å². The van der Waals surface area contributed by atoms with Crippen molar-refractivity contribution in [2.24, 2.45) is 0 Å². The van der Waals surface area contributed by atoms with Crippen molar-refractivity contribution in [1.29, 1.82) is 0 Å². The van der Waals surface area contributed by atoms with Gasteiger partial charge in [0.2, 0.25) is 5.91 Å². The third-order valence-electron chi connectivity index (χ3n) is 5.78. The van der Waals surface area contributed by atoms with E-state index in [9.17, 15) is 14.0 Å². The molecule has 1 saturated heterocycles. The molecule has 164 valence electrons. The fourth-order valence-corrected chi connectivity index (χ4v) is 4.85. The number of anilines is 1. The number of fused-ring (bicyclic) bond motifs is 5. The molecule has 0 bridgehead atoms. The number of amides is 2. The number of halogens is 2. The molecule has 0 saturated carbocycles. The monoisotopic (exact) mass is 490 g/mol. The highest BCUT2D eigenvalue weighted by atomic mass is 79.9. The van der Waals surface area contributed by atoms with Crippen LogP contribution in [0.25, 0.3) is 0 Å². The molecular weight excluding hydrogens is 467 g/mol. The zero-order valence-electron chi connectivity index (χ0n) is 17.4. The number of hydrogen-bond acceptors (Lipinski definition) is 4. The molecule has 0 radical (unpaired) electrons. The molecular formula is C23H24BrFN2O4. The van der Waals surface area contributed by atoms with Crippen LogP contribution >= 0.6 is 15.9 Å². The molecule has 31 heavy (non-hydrogen) atoms. The highest BCUT2D eigenvalue weighted by Gasteiger charge is 2.44. The van der Waals surface area contributed by atoms with E-state index in [1.165, 1.54) is 12.1 Å². The number of carbonyl (C=O) groups is 2. The number of carbonyl (C=O) groups excluding carboxylic acids is 2. The van der Waals surface area contributed by atoms with E-state index in [1.807, 2.05) is 32.0 Å². The second kappa shape index (κ2) is 8.86. The molecule has 1 N–H and O–H groups in total. The Bertz CT molecular complexity index is 1010. The van der Waals surface area contributed by atoms with E-state index in [0.29, 0.717) is 22.3 Å². The number of alkyl carbamates (subject to hydrolysis) is 1. The number of benzene rings is 2. The largest absolute Gasteiger partial charge is 0.455 e. The molecule has 2 amide bonds. The zero-order valence-corrected chi connectivity index (χ0v) is 18.9. The van der Waals surface area contributed by atoms with Crippen molar-refractivity contribution < 1.29 is 23.5 Å². The summed E-state index contributed by atoms with van der Waals surface area (Å²) in [6.45, 7) is 3.93. The molecule has 2 aromatic rings. The van der Waals surface area contributed by atoms with Crippen LogP contribution in [0.5, 0.6) is 11.5 Å². The predicted molar refractivity (Wildman–Crippen MR) is 118 cm³/mol. The van der Waals surface area contributed by atoms with Gasteiger partial charge in [-0.1, -0.05) is 32.0 Å². The van der Waals surface area contributed by atoms with Crippen LogP contribution in [0.2, 0.25) is 0 Å². The molecule has 2 aromatic carbocycles. The number of hydrogen-bond donors (Lipinski definition) is 1. The minimum atomic E-state index is -0.519. The van der Waals surface area contributed by atoms with Gasteiger partial charge in [0, 0.05) is 22.5 Å². The first-order chi connectivity index (χ1) is 14.9. The van der Waals surface area contributed by atoms with E-state index in [1.54, 1.807) is 11.0 Å². The molecule has 4 rings (SSSR count). The maximum Gasteiger partial charge on any atom is 0.407 e. The fourth-order valence-electron chi connectivity index (χ4n) is 4.25. The SMILES string of the molecule is CCC(CC)OC(=O)N[C@@H]1CCC(=O)N2c3c(Br)cc(F)cc3Oc3ccccc3[C@@H]12. The summed E-state index contributed by atoms with van der Waals surface area (Å²) < 4.78 is 26.1. The van der Waals surface area contributed by atoms with E-state index in [4.69, 9.17) is 9.47 Å². The molecule has 0 spiro atoms. The topological polar surface area (TPSA) is 67.9 Å². The van der Waals surface area contributed by atoms with E-state index in [-0.39, 0.29) is 24.2 Å². The number of nitrogens with zero attached hydrogens (tertiary/aromatic N) is 1. The van der Waals surface area contributed by atoms with Crippen LogP contribution in [0, 0.1) is 5.82 Å². The lowest BCUT2D eigenvalue weighted by Gasteiger charge is -2.41. The summed E-state index contributed by atoms with van der Waals surface area (Å²) in [6, 6.07) is 8.97. The second-order valence-corrected chi connectivity index (χ2v) is 8.57. The Balaban J connectivity index is 1.78. The Morgan fingerprint density at radius 1 is 1.29 bits per heavy atom. The summed E-state index contributed by atoms with van der Waals surface area (Å²) in [7, 11) is 0. The number of para-hydroxylation sites is 1. The van der Waals surface area contributed by atoms with Gasteiger partial charge >= 0.3 is 6.09 Å². The minimum Gasteiger partial charge on any atom is -0.455 e. The first kappa shape index (κ1) is 21.6. The van der Waals surface area contributed by atoms with Crippen molar-refractivity contribution in [2.45, 2.75) is 57.7 Å². The Hall–Kier alpha value is -2.61. The molecule has 0 unspecified atom stereocenters. The Labute approximate surface area is 188 Å². The third kappa shape index (κ3) is 4.13. The van der Waals surface area contributed by atoms with Crippen molar-refractivity contribution in [3.05, 3.63) is 52.3 Å². The van der Waals surface area contributed by atoms with Gasteiger partial charge in [-0.05, 0) is 47.3 Å². The van der Waals surface area contributed by atoms with Crippen LogP contribution in [-0.2, 0) is 9.53 Å². The van der Waals surface area contributed by atoms with Gasteiger partial charge in [-0.3, -0.25) is 9.69 Å². The molecule has 2 aliphatic rings. The lowest BCUT2D eigenvalue weighted by molar-refractivity contribution is -0.120. The summed E-state index contributed by atoms with van der Waals surface area (Å²) in [6.07, 6.45) is 1.48. The second-order valence-electron chi connectivity index (χ2n) is 7.72. The summed E-state index contributed by atoms with van der Waals surface area (Å²) in [5, 5.41) is 2.97. The van der Waals surface area contributed by atoms with Crippen molar-refractivity contribution >= 4 is 33.6 Å². The average molecular weight is 491 g/mol. The summed E-state index contributed by atoms with van der Waals surface area (Å²) in [5.41, 5.74) is 1.19. The molecule has 1 fully saturated rings. The van der Waals surface area contributed by atoms with Crippen LogP contribution in [0.4, 0.5) is 14.9 Å². The molecule has 0 aromatic heterocycles. The van der Waals surface area contributed by atoms with Gasteiger partial charge in [-0.15, -0.1) is 0 Å². The van der Waals surface area contributed by atoms with Crippen molar-refractivity contribution in [3.8, 4) is 11.5 Å². The van der Waals surface area contributed by atoms with Gasteiger partial charge in [0.1, 0.15) is 23.4 Å². The van der Waals surface area contributed by atoms with Crippen molar-refractivity contribution in [3.63, 3.8) is 0 Å². The van der Waals surface area contributed by atoms with Crippen molar-refractivity contribution in [2.75, 3.05) is 4.90 Å². The van der Waals surface area contributed by atoms with Crippen LogP contribution in [0.3, 0.4) is 0 Å². The zero-order chi connectivity index (χ0) is 22.1. The number of piperidine rings is 1. The number of nitrogens with one attached hydrogen (secondary N) is 1. The van der Waals surface area contributed by atoms with E-state index in [2.05, 4.69) is 21.2 Å². The minimum absolute atomic E-state index is 0.120. The van der Waals surface area contributed by atoms with E-state index < -0.39 is 24.0 Å². The number of rotatable bonds is 4. The quantitative estimate of drug-likeness (QED) is 0.583. The van der Waals surface area contributed by atoms with Crippen LogP contribution in [0.15, 0.2) is 40.9 Å². The average Bonchev–Trinajstić information content (AvgIpc) is 2.89. The molecule has 2 aliphatic heterocycles. The highest BCUT2D eigenvalue weighted by Crippen LogP contribution is 2.50. The first-order valence-corrected chi connectivity index (χ1v) is 11.3. The molecule has 6 nitrogen and oxygen atoms in total. The maximum absolute atomic E-state index is 14.1. The molecule has 0 aliphatic carbocycles. The normalized spacial score (nSPS) is 19.6. The lowest BCUT2D eigenvalue weighted by Crippen LogP contribution is -2.52.